The first-order valence-electron chi connectivity index (χ1n) is 2.73. The van der Waals surface area contributed by atoms with E-state index in [4.69, 9.17) is 11.6 Å². The topological polar surface area (TPSA) is 29.4 Å². The maximum atomic E-state index is 10.1. The van der Waals surface area contributed by atoms with Crippen molar-refractivity contribution in [3.05, 3.63) is 24.8 Å². The molecule has 3 heteroatoms. The first-order chi connectivity index (χ1) is 4.77. The van der Waals surface area contributed by atoms with E-state index in [2.05, 4.69) is 11.6 Å². The Morgan fingerprint density at radius 1 is 1.60 bits per heavy atom. The number of hydrogen-bond acceptors (Lipinski definition) is 2. The molecular weight excluding hydrogens is 150 g/mol. The molecule has 10 heavy (non-hydrogen) atoms. The maximum absolute atomic E-state index is 10.1. The van der Waals surface area contributed by atoms with Crippen LogP contribution >= 0.6 is 11.6 Å². The number of rotatable bonds is 4. The van der Waals surface area contributed by atoms with Crippen molar-refractivity contribution in [3.63, 3.8) is 0 Å². The molecular formula is C7H8ClNO. The molecule has 0 aliphatic rings. The minimum absolute atomic E-state index is 0.0308. The molecule has 0 aliphatic carbocycles. The number of carbonyl (C=O) groups is 1. The third kappa shape index (κ3) is 7.11. The van der Waals surface area contributed by atoms with E-state index in [0.29, 0.717) is 0 Å². The van der Waals surface area contributed by atoms with Gasteiger partial charge < -0.3 is 0 Å². The predicted molar refractivity (Wildman–Crippen MR) is 43.6 cm³/mol. The van der Waals surface area contributed by atoms with Gasteiger partial charge in [0, 0.05) is 6.21 Å². The van der Waals surface area contributed by atoms with E-state index in [9.17, 15) is 4.79 Å². The summed E-state index contributed by atoms with van der Waals surface area (Å²) in [5, 5.41) is -0.455. The summed E-state index contributed by atoms with van der Waals surface area (Å²) >= 11 is 4.99. The lowest BCUT2D eigenvalue weighted by atomic mass is 10.5. The summed E-state index contributed by atoms with van der Waals surface area (Å²) < 4.78 is 0. The van der Waals surface area contributed by atoms with Crippen molar-refractivity contribution in [2.75, 3.05) is 6.54 Å². The summed E-state index contributed by atoms with van der Waals surface area (Å²) in [5.41, 5.74) is 0. The Morgan fingerprint density at radius 2 is 2.30 bits per heavy atom. The van der Waals surface area contributed by atoms with Gasteiger partial charge in [0.1, 0.15) is 6.54 Å². The average Bonchev–Trinajstić information content (AvgIpc) is 1.87. The van der Waals surface area contributed by atoms with Crippen LogP contribution in [-0.4, -0.2) is 18.0 Å². The van der Waals surface area contributed by atoms with Crippen molar-refractivity contribution in [2.24, 2.45) is 4.99 Å². The Kier molecular flexibility index (Phi) is 5.68. The molecule has 0 spiro atoms. The van der Waals surface area contributed by atoms with Crippen molar-refractivity contribution in [1.82, 2.24) is 0 Å². The van der Waals surface area contributed by atoms with Crippen molar-refractivity contribution in [3.8, 4) is 0 Å². The lowest BCUT2D eigenvalue weighted by Gasteiger charge is -1.78. The van der Waals surface area contributed by atoms with Crippen LogP contribution in [0.15, 0.2) is 29.8 Å². The van der Waals surface area contributed by atoms with E-state index >= 15 is 0 Å². The molecule has 0 N–H and O–H groups in total. The van der Waals surface area contributed by atoms with E-state index in [0.717, 1.165) is 0 Å². The zero-order chi connectivity index (χ0) is 7.82. The van der Waals surface area contributed by atoms with Crippen LogP contribution in [0.1, 0.15) is 0 Å². The molecule has 0 atom stereocenters. The summed E-state index contributed by atoms with van der Waals surface area (Å²) in [6, 6.07) is 0. The van der Waals surface area contributed by atoms with Crippen LogP contribution in [0, 0.1) is 0 Å². The highest BCUT2D eigenvalue weighted by atomic mass is 35.5. The lowest BCUT2D eigenvalue weighted by molar-refractivity contribution is -0.110. The summed E-state index contributed by atoms with van der Waals surface area (Å²) in [4.78, 5) is 13.8. The highest BCUT2D eigenvalue weighted by Gasteiger charge is 1.86. The Balaban J connectivity index is 3.46. The third-order valence-electron chi connectivity index (χ3n) is 0.654. The molecule has 0 amide bonds. The number of nitrogens with zero attached hydrogens (tertiary/aromatic N) is 1. The third-order valence-corrected chi connectivity index (χ3v) is 0.774. The summed E-state index contributed by atoms with van der Waals surface area (Å²) in [6.45, 7) is 3.48. The molecule has 0 saturated heterocycles. The van der Waals surface area contributed by atoms with Gasteiger partial charge in [-0.25, -0.2) is 0 Å². The second kappa shape index (κ2) is 6.23. The predicted octanol–water partition coefficient (Wildman–Crippen LogP) is 1.56. The van der Waals surface area contributed by atoms with Gasteiger partial charge >= 0.3 is 0 Å². The molecule has 0 aromatic carbocycles. The fourth-order valence-corrected chi connectivity index (χ4v) is 0.383. The van der Waals surface area contributed by atoms with Gasteiger partial charge in [-0.2, -0.15) is 0 Å². The van der Waals surface area contributed by atoms with Gasteiger partial charge in [-0.15, -0.1) is 0 Å². The standard InChI is InChI=1S/C7H8ClNO/c1-2-3-4-5-9-6-7(8)10/h2-5H,1,6H2/b4-3-,9-5-. The van der Waals surface area contributed by atoms with Gasteiger partial charge in [0.2, 0.25) is 5.24 Å². The average molecular weight is 158 g/mol. The smallest absolute Gasteiger partial charge is 0.243 e. The minimum atomic E-state index is -0.455. The van der Waals surface area contributed by atoms with E-state index in [-0.39, 0.29) is 6.54 Å². The van der Waals surface area contributed by atoms with Crippen molar-refractivity contribution in [2.45, 2.75) is 0 Å². The molecule has 0 aliphatic heterocycles. The van der Waals surface area contributed by atoms with E-state index in [1.54, 1.807) is 18.2 Å². The van der Waals surface area contributed by atoms with E-state index in [1.165, 1.54) is 6.21 Å². The van der Waals surface area contributed by atoms with Gasteiger partial charge in [0.25, 0.3) is 0 Å². The quantitative estimate of drug-likeness (QED) is 0.346. The number of hydrogen-bond donors (Lipinski definition) is 0. The van der Waals surface area contributed by atoms with E-state index < -0.39 is 5.24 Å². The number of carbonyl (C=O) groups excluding carboxylic acids is 1. The molecule has 0 rings (SSSR count). The summed E-state index contributed by atoms with van der Waals surface area (Å²) in [5.74, 6) is 0. The van der Waals surface area contributed by atoms with Crippen molar-refractivity contribution in [1.29, 1.82) is 0 Å². The zero-order valence-corrected chi connectivity index (χ0v) is 6.21. The fraction of sp³-hybridized carbons (Fsp3) is 0.143. The maximum Gasteiger partial charge on any atom is 0.243 e. The van der Waals surface area contributed by atoms with Crippen molar-refractivity contribution >= 4 is 23.1 Å². The SMILES string of the molecule is C=C/C=C\C=N/CC(=O)Cl. The van der Waals surface area contributed by atoms with Crippen LogP contribution in [-0.2, 0) is 4.79 Å². The molecule has 0 fully saturated rings. The first kappa shape index (κ1) is 9.11. The second-order valence-electron chi connectivity index (χ2n) is 1.47. The van der Waals surface area contributed by atoms with Gasteiger partial charge in [-0.05, 0) is 17.7 Å². The van der Waals surface area contributed by atoms with Crippen LogP contribution < -0.4 is 0 Å². The summed E-state index contributed by atoms with van der Waals surface area (Å²) in [6.07, 6.45) is 6.51. The molecule has 0 unspecified atom stereocenters. The van der Waals surface area contributed by atoms with Crippen LogP contribution in [0.25, 0.3) is 0 Å². The molecule has 2 nitrogen and oxygen atoms in total. The molecule has 0 aromatic heterocycles. The lowest BCUT2D eigenvalue weighted by Crippen LogP contribution is -1.89. The van der Waals surface area contributed by atoms with Crippen LogP contribution in [0.2, 0.25) is 0 Å². The molecule has 0 radical (unpaired) electrons. The van der Waals surface area contributed by atoms with Gasteiger partial charge in [-0.3, -0.25) is 9.79 Å². The normalized spacial score (nSPS) is 10.9. The number of allylic oxidation sites excluding steroid dienone is 3. The largest absolute Gasteiger partial charge is 0.284 e. The first-order valence-corrected chi connectivity index (χ1v) is 3.11. The van der Waals surface area contributed by atoms with Crippen LogP contribution in [0.5, 0.6) is 0 Å². The number of halogens is 1. The molecule has 0 heterocycles. The van der Waals surface area contributed by atoms with E-state index in [1.807, 2.05) is 0 Å². The molecule has 54 valence electrons. The van der Waals surface area contributed by atoms with Gasteiger partial charge in [-0.1, -0.05) is 18.7 Å². The Bertz CT molecular complexity index is 172. The summed E-state index contributed by atoms with van der Waals surface area (Å²) in [7, 11) is 0. The van der Waals surface area contributed by atoms with Crippen LogP contribution in [0.3, 0.4) is 0 Å². The van der Waals surface area contributed by atoms with Gasteiger partial charge in [0.05, 0.1) is 0 Å². The Labute approximate surface area is 64.9 Å². The molecule has 0 aromatic rings. The van der Waals surface area contributed by atoms with Crippen LogP contribution in [0.4, 0.5) is 0 Å². The van der Waals surface area contributed by atoms with Gasteiger partial charge in [0.15, 0.2) is 0 Å². The Morgan fingerprint density at radius 3 is 2.80 bits per heavy atom. The Hall–Kier alpha value is -0.890. The molecule has 0 saturated carbocycles. The highest BCUT2D eigenvalue weighted by Crippen LogP contribution is 1.79. The molecule has 0 bridgehead atoms. The fourth-order valence-electron chi connectivity index (χ4n) is 0.314. The van der Waals surface area contributed by atoms with Crippen molar-refractivity contribution < 1.29 is 4.79 Å². The number of aliphatic imine (C=N–C) groups is 1. The monoisotopic (exact) mass is 157 g/mol. The minimum Gasteiger partial charge on any atom is -0.284 e. The highest BCUT2D eigenvalue weighted by molar-refractivity contribution is 6.64. The second-order valence-corrected chi connectivity index (χ2v) is 1.89. The zero-order valence-electron chi connectivity index (χ0n) is 5.46.